The molecule has 27 heavy (non-hydrogen) atoms. The summed E-state index contributed by atoms with van der Waals surface area (Å²) < 4.78 is 7.07. The maximum absolute atomic E-state index is 12.4. The summed E-state index contributed by atoms with van der Waals surface area (Å²) in [6.07, 6.45) is -1.13. The topological polar surface area (TPSA) is 116 Å². The van der Waals surface area contributed by atoms with Crippen LogP contribution in [0.25, 0.3) is 5.69 Å². The van der Waals surface area contributed by atoms with Crippen LogP contribution < -0.4 is 11.1 Å². The Bertz CT molecular complexity index is 843. The number of hydrogen-bond acceptors (Lipinski definition) is 5. The Morgan fingerprint density at radius 2 is 1.81 bits per heavy atom. The Kier molecular flexibility index (Phi) is 6.33. The fourth-order valence-corrected chi connectivity index (χ4v) is 2.76. The van der Waals surface area contributed by atoms with Gasteiger partial charge in [0.2, 0.25) is 0 Å². The van der Waals surface area contributed by atoms with E-state index in [1.165, 1.54) is 0 Å². The van der Waals surface area contributed by atoms with Crippen molar-refractivity contribution in [3.8, 4) is 5.69 Å². The third kappa shape index (κ3) is 4.93. The maximum Gasteiger partial charge on any atom is 0.318 e. The van der Waals surface area contributed by atoms with E-state index >= 15 is 0 Å². The van der Waals surface area contributed by atoms with E-state index in [1.807, 2.05) is 49.5 Å². The highest BCUT2D eigenvalue weighted by molar-refractivity contribution is 5.96. The highest BCUT2D eigenvalue weighted by atomic mass is 16.5. The summed E-state index contributed by atoms with van der Waals surface area (Å²) in [6, 6.07) is 8.58. The Morgan fingerprint density at radius 3 is 2.37 bits per heavy atom. The number of imide groups is 1. The molecule has 2 rings (SSSR count). The van der Waals surface area contributed by atoms with E-state index in [2.05, 4.69) is 5.10 Å². The first-order valence-corrected chi connectivity index (χ1v) is 8.61. The van der Waals surface area contributed by atoms with Crippen molar-refractivity contribution in [1.29, 1.82) is 0 Å². The van der Waals surface area contributed by atoms with Gasteiger partial charge in [-0.2, -0.15) is 5.10 Å². The number of aryl methyl sites for hydroxylation is 1. The Hall–Kier alpha value is -3.16. The van der Waals surface area contributed by atoms with Crippen LogP contribution in [0.1, 0.15) is 30.8 Å². The molecule has 0 fully saturated rings. The number of primary amides is 1. The van der Waals surface area contributed by atoms with Crippen molar-refractivity contribution >= 4 is 17.9 Å². The first-order valence-electron chi connectivity index (χ1n) is 8.61. The smallest absolute Gasteiger partial charge is 0.318 e. The molecule has 1 heterocycles. The Morgan fingerprint density at radius 1 is 1.19 bits per heavy atom. The lowest BCUT2D eigenvalue weighted by molar-refractivity contribution is -0.157. The number of carbonyl (C=O) groups excluding carboxylic acids is 3. The van der Waals surface area contributed by atoms with Crippen LogP contribution in [0.2, 0.25) is 0 Å². The molecule has 3 N–H and O–H groups in total. The standard InChI is InChI=1S/C19H24N4O4/c1-11(2)17(18(25)21-19(20)26)27-16(24)10-15-12(3)22-23(13(15)4)14-8-6-5-7-9-14/h5-9,11,17H,10H2,1-4H3,(H3,20,21,25,26)/t17-/m0/s1. The second-order valence-corrected chi connectivity index (χ2v) is 6.58. The van der Waals surface area contributed by atoms with Gasteiger partial charge >= 0.3 is 12.0 Å². The van der Waals surface area contributed by atoms with E-state index in [4.69, 9.17) is 10.5 Å². The lowest BCUT2D eigenvalue weighted by Gasteiger charge is -2.19. The van der Waals surface area contributed by atoms with Crippen LogP contribution in [0, 0.1) is 19.8 Å². The van der Waals surface area contributed by atoms with Gasteiger partial charge in [0.1, 0.15) is 0 Å². The molecule has 0 aliphatic rings. The fourth-order valence-electron chi connectivity index (χ4n) is 2.76. The number of para-hydroxylation sites is 1. The second-order valence-electron chi connectivity index (χ2n) is 6.58. The van der Waals surface area contributed by atoms with Gasteiger partial charge in [0.25, 0.3) is 5.91 Å². The second kappa shape index (κ2) is 8.48. The van der Waals surface area contributed by atoms with E-state index < -0.39 is 24.0 Å². The fraction of sp³-hybridized carbons (Fsp3) is 0.368. The highest BCUT2D eigenvalue weighted by Crippen LogP contribution is 2.19. The minimum absolute atomic E-state index is 0.0302. The highest BCUT2D eigenvalue weighted by Gasteiger charge is 2.28. The van der Waals surface area contributed by atoms with E-state index in [0.717, 1.165) is 16.9 Å². The quantitative estimate of drug-likeness (QED) is 0.750. The number of urea groups is 1. The number of aromatic nitrogens is 2. The van der Waals surface area contributed by atoms with Gasteiger partial charge in [-0.3, -0.25) is 14.9 Å². The number of carbonyl (C=O) groups is 3. The van der Waals surface area contributed by atoms with Crippen molar-refractivity contribution in [1.82, 2.24) is 15.1 Å². The third-order valence-electron chi connectivity index (χ3n) is 4.13. The lowest BCUT2D eigenvalue weighted by Crippen LogP contribution is -2.45. The average Bonchev–Trinajstić information content (AvgIpc) is 2.87. The monoisotopic (exact) mass is 372 g/mol. The van der Waals surface area contributed by atoms with Crippen LogP contribution in [0.5, 0.6) is 0 Å². The molecular weight excluding hydrogens is 348 g/mol. The molecule has 3 amide bonds. The van der Waals surface area contributed by atoms with Crippen molar-refractivity contribution in [2.75, 3.05) is 0 Å². The summed E-state index contributed by atoms with van der Waals surface area (Å²) >= 11 is 0. The number of nitrogens with one attached hydrogen (secondary N) is 1. The van der Waals surface area contributed by atoms with Gasteiger partial charge in [0.15, 0.2) is 6.10 Å². The molecule has 0 aliphatic carbocycles. The van der Waals surface area contributed by atoms with Gasteiger partial charge in [-0.1, -0.05) is 32.0 Å². The molecule has 144 valence electrons. The van der Waals surface area contributed by atoms with Crippen molar-refractivity contribution in [3.05, 3.63) is 47.3 Å². The van der Waals surface area contributed by atoms with Crippen LogP contribution in [-0.2, 0) is 20.7 Å². The number of nitrogens with two attached hydrogens (primary N) is 1. The van der Waals surface area contributed by atoms with Crippen LogP contribution in [0.15, 0.2) is 30.3 Å². The van der Waals surface area contributed by atoms with Gasteiger partial charge in [-0.25, -0.2) is 9.48 Å². The third-order valence-corrected chi connectivity index (χ3v) is 4.13. The molecule has 0 unspecified atom stereocenters. The minimum atomic E-state index is -1.10. The predicted octanol–water partition coefficient (Wildman–Crippen LogP) is 1.79. The molecule has 8 nitrogen and oxygen atoms in total. The molecule has 8 heteroatoms. The molecule has 2 aromatic rings. The number of esters is 1. The number of amides is 3. The SMILES string of the molecule is Cc1nn(-c2ccccc2)c(C)c1CC(=O)O[C@H](C(=O)NC(N)=O)C(C)C. The van der Waals surface area contributed by atoms with E-state index in [-0.39, 0.29) is 12.3 Å². The molecule has 0 saturated carbocycles. The van der Waals surface area contributed by atoms with Crippen molar-refractivity contribution < 1.29 is 19.1 Å². The molecule has 0 saturated heterocycles. The molecule has 0 aliphatic heterocycles. The van der Waals surface area contributed by atoms with Crippen LogP contribution in [0.3, 0.4) is 0 Å². The predicted molar refractivity (Wildman–Crippen MR) is 99.2 cm³/mol. The van der Waals surface area contributed by atoms with Gasteiger partial charge in [-0.15, -0.1) is 0 Å². The molecule has 1 aromatic heterocycles. The van der Waals surface area contributed by atoms with Gasteiger partial charge in [0.05, 0.1) is 17.8 Å². The van der Waals surface area contributed by atoms with Crippen molar-refractivity contribution in [2.45, 2.75) is 40.2 Å². The molecular formula is C19H24N4O4. The molecule has 1 atom stereocenters. The Labute approximate surface area is 157 Å². The van der Waals surface area contributed by atoms with Crippen LogP contribution in [0.4, 0.5) is 4.79 Å². The summed E-state index contributed by atoms with van der Waals surface area (Å²) in [5.41, 5.74) is 8.11. The zero-order valence-electron chi connectivity index (χ0n) is 15.9. The Balaban J connectivity index is 2.17. The van der Waals surface area contributed by atoms with Gasteiger partial charge < -0.3 is 10.5 Å². The van der Waals surface area contributed by atoms with Gasteiger partial charge in [0, 0.05) is 11.3 Å². The summed E-state index contributed by atoms with van der Waals surface area (Å²) in [4.78, 5) is 35.3. The average molecular weight is 372 g/mol. The van der Waals surface area contributed by atoms with Crippen LogP contribution in [-0.4, -0.2) is 33.8 Å². The summed E-state index contributed by atoms with van der Waals surface area (Å²) in [6.45, 7) is 7.11. The van der Waals surface area contributed by atoms with Gasteiger partial charge in [-0.05, 0) is 31.9 Å². The largest absolute Gasteiger partial charge is 0.452 e. The molecule has 0 radical (unpaired) electrons. The zero-order chi connectivity index (χ0) is 20.1. The molecule has 0 bridgehead atoms. The van der Waals surface area contributed by atoms with E-state index in [1.54, 1.807) is 18.5 Å². The van der Waals surface area contributed by atoms with Crippen molar-refractivity contribution in [3.63, 3.8) is 0 Å². The summed E-state index contributed by atoms with van der Waals surface area (Å²) in [5.74, 6) is -1.63. The number of benzene rings is 1. The molecule has 0 spiro atoms. The summed E-state index contributed by atoms with van der Waals surface area (Å²) in [5, 5.41) is 6.44. The summed E-state index contributed by atoms with van der Waals surface area (Å²) in [7, 11) is 0. The lowest BCUT2D eigenvalue weighted by atomic mass is 10.1. The first-order chi connectivity index (χ1) is 12.7. The van der Waals surface area contributed by atoms with E-state index in [9.17, 15) is 14.4 Å². The maximum atomic E-state index is 12.4. The molecule has 1 aromatic carbocycles. The minimum Gasteiger partial charge on any atom is -0.452 e. The van der Waals surface area contributed by atoms with Crippen LogP contribution >= 0.6 is 0 Å². The first kappa shape index (κ1) is 20.2. The van der Waals surface area contributed by atoms with E-state index in [0.29, 0.717) is 5.69 Å². The number of ether oxygens (including phenoxy) is 1. The normalized spacial score (nSPS) is 11.9. The van der Waals surface area contributed by atoms with Crippen molar-refractivity contribution in [2.24, 2.45) is 11.7 Å². The number of nitrogens with zero attached hydrogens (tertiary/aromatic N) is 2. The zero-order valence-corrected chi connectivity index (χ0v) is 15.9. The number of hydrogen-bond donors (Lipinski definition) is 2. The number of rotatable bonds is 6.